The second-order valence-electron chi connectivity index (χ2n) is 13.1. The highest BCUT2D eigenvalue weighted by Gasteiger charge is 2.30. The monoisotopic (exact) mass is 674 g/mol. The van der Waals surface area contributed by atoms with E-state index in [9.17, 15) is 29.4 Å². The number of carbonyl (C=O) groups is 4. The number of ether oxygens (including phenoxy) is 2. The molecule has 0 radical (unpaired) electrons. The third-order valence-corrected chi connectivity index (χ3v) is 6.27. The second-order valence-corrected chi connectivity index (χ2v) is 13.1. The normalized spacial score (nSPS) is 13.7. The molecule has 6 N–H and O–H groups in total. The van der Waals surface area contributed by atoms with Crippen molar-refractivity contribution in [3.63, 3.8) is 0 Å². The molecule has 0 saturated heterocycles. The Morgan fingerprint density at radius 3 is 1.29 bits per heavy atom. The molecule has 0 aliphatic heterocycles. The van der Waals surface area contributed by atoms with Gasteiger partial charge in [0.25, 0.3) is 11.8 Å². The van der Waals surface area contributed by atoms with E-state index in [1.165, 1.54) is 12.4 Å². The molecule has 14 nitrogen and oxygen atoms in total. The van der Waals surface area contributed by atoms with Crippen molar-refractivity contribution in [2.24, 2.45) is 0 Å². The lowest BCUT2D eigenvalue weighted by Gasteiger charge is -2.26. The number of hydrogen-bond acceptors (Lipinski definition) is 10. The molecule has 2 heterocycles. The molecule has 0 fully saturated rings. The summed E-state index contributed by atoms with van der Waals surface area (Å²) in [6.45, 7) is 14.5. The van der Waals surface area contributed by atoms with Crippen LogP contribution in [0.3, 0.4) is 0 Å². The van der Waals surface area contributed by atoms with Crippen LogP contribution in [0, 0.1) is 0 Å². The van der Waals surface area contributed by atoms with Crippen LogP contribution in [0.2, 0.25) is 0 Å². The zero-order valence-corrected chi connectivity index (χ0v) is 29.4. The molecule has 4 amide bonds. The average Bonchev–Trinajstić information content (AvgIpc) is 3.00. The van der Waals surface area contributed by atoms with E-state index in [1.54, 1.807) is 77.9 Å². The Balaban J connectivity index is 0.000000480. The number of hydrogen-bond donors (Lipinski definition) is 6. The fourth-order valence-electron chi connectivity index (χ4n) is 4.02. The number of carbonyl (C=O) groups excluding carboxylic acids is 4. The number of anilines is 2. The van der Waals surface area contributed by atoms with Crippen LogP contribution in [-0.4, -0.2) is 79.7 Å². The minimum Gasteiger partial charge on any atom is -0.444 e. The first-order chi connectivity index (χ1) is 22.5. The van der Waals surface area contributed by atoms with Crippen molar-refractivity contribution >= 4 is 35.6 Å². The average molecular weight is 675 g/mol. The van der Waals surface area contributed by atoms with Gasteiger partial charge >= 0.3 is 12.2 Å². The van der Waals surface area contributed by atoms with Gasteiger partial charge in [0.15, 0.2) is 12.2 Å². The van der Waals surface area contributed by atoms with Crippen LogP contribution >= 0.6 is 0 Å². The van der Waals surface area contributed by atoms with Crippen molar-refractivity contribution in [2.75, 3.05) is 10.6 Å². The molecular formula is C34H54N6O8. The number of rotatable bonds is 14. The third-order valence-electron chi connectivity index (χ3n) is 6.27. The first kappa shape index (κ1) is 41.7. The van der Waals surface area contributed by atoms with Crippen LogP contribution in [0.5, 0.6) is 0 Å². The van der Waals surface area contributed by atoms with E-state index in [4.69, 9.17) is 9.47 Å². The van der Waals surface area contributed by atoms with Crippen molar-refractivity contribution in [3.8, 4) is 0 Å². The fourth-order valence-corrected chi connectivity index (χ4v) is 4.02. The van der Waals surface area contributed by atoms with Crippen molar-refractivity contribution in [1.82, 2.24) is 20.6 Å². The molecule has 2 aromatic rings. The van der Waals surface area contributed by atoms with Gasteiger partial charge in [0.1, 0.15) is 22.8 Å². The molecule has 0 unspecified atom stereocenters. The lowest BCUT2D eigenvalue weighted by molar-refractivity contribution is -0.126. The number of amides is 4. The van der Waals surface area contributed by atoms with E-state index < -0.39 is 59.5 Å². The summed E-state index contributed by atoms with van der Waals surface area (Å²) in [6.07, 6.45) is 3.16. The Kier molecular flexibility index (Phi) is 18.1. The Labute approximate surface area is 283 Å². The zero-order valence-electron chi connectivity index (χ0n) is 29.4. The van der Waals surface area contributed by atoms with Crippen LogP contribution in [0.25, 0.3) is 0 Å². The Bertz CT molecular complexity index is 1150. The topological polar surface area (TPSA) is 201 Å². The fraction of sp³-hybridized carbons (Fsp3) is 0.588. The van der Waals surface area contributed by atoms with E-state index >= 15 is 0 Å². The summed E-state index contributed by atoms with van der Waals surface area (Å²) >= 11 is 0. The predicted molar refractivity (Wildman–Crippen MR) is 183 cm³/mol. The van der Waals surface area contributed by atoms with Crippen molar-refractivity contribution in [2.45, 2.75) is 129 Å². The molecule has 0 aromatic carbocycles. The van der Waals surface area contributed by atoms with Gasteiger partial charge in [0, 0.05) is 12.4 Å². The van der Waals surface area contributed by atoms with Crippen LogP contribution in [-0.2, 0) is 19.1 Å². The Morgan fingerprint density at radius 2 is 1.02 bits per heavy atom. The lowest BCUT2D eigenvalue weighted by Crippen LogP contribution is -2.50. The highest BCUT2D eigenvalue weighted by atomic mass is 16.6. The van der Waals surface area contributed by atoms with E-state index in [2.05, 4.69) is 31.2 Å². The highest BCUT2D eigenvalue weighted by molar-refractivity contribution is 5.94. The first-order valence-corrected chi connectivity index (χ1v) is 16.2. The number of aliphatic hydroxyl groups is 2. The summed E-state index contributed by atoms with van der Waals surface area (Å²) in [5, 5.41) is 30.8. The highest BCUT2D eigenvalue weighted by Crippen LogP contribution is 2.13. The predicted octanol–water partition coefficient (Wildman–Crippen LogP) is 4.93. The molecule has 268 valence electrons. The molecule has 14 heteroatoms. The van der Waals surface area contributed by atoms with Gasteiger partial charge in [-0.15, -0.1) is 0 Å². The van der Waals surface area contributed by atoms with Gasteiger partial charge in [-0.3, -0.25) is 9.59 Å². The molecule has 48 heavy (non-hydrogen) atoms. The minimum absolute atomic E-state index is 0.341. The number of nitrogens with one attached hydrogen (secondary N) is 4. The maximum absolute atomic E-state index is 12.2. The molecular weight excluding hydrogens is 620 g/mol. The molecule has 0 saturated carbocycles. The van der Waals surface area contributed by atoms with Crippen LogP contribution in [0.15, 0.2) is 48.8 Å². The number of unbranched alkanes of at least 4 members (excludes halogenated alkanes) is 2. The zero-order chi connectivity index (χ0) is 36.3. The first-order valence-electron chi connectivity index (χ1n) is 16.2. The number of aromatic nitrogens is 2. The summed E-state index contributed by atoms with van der Waals surface area (Å²) in [6, 6.07) is 8.66. The van der Waals surface area contributed by atoms with Crippen molar-refractivity contribution in [3.05, 3.63) is 48.8 Å². The van der Waals surface area contributed by atoms with Gasteiger partial charge in [-0.1, -0.05) is 51.7 Å². The summed E-state index contributed by atoms with van der Waals surface area (Å²) in [5.74, 6) is -0.558. The van der Waals surface area contributed by atoms with Crippen LogP contribution < -0.4 is 21.3 Å². The number of nitrogens with zero attached hydrogens (tertiary/aromatic N) is 2. The van der Waals surface area contributed by atoms with Crippen molar-refractivity contribution < 1.29 is 38.9 Å². The SMILES string of the molecule is CCCC[C@H](NC(=O)OC(C)(C)C)[C@@H](O)C(=O)Nc1ccccn1.CCCC[C@H](NC(=O)OC(C)(C)C)[C@H](O)C(=O)Nc1ccccn1. The Morgan fingerprint density at radius 1 is 0.667 bits per heavy atom. The molecule has 4 atom stereocenters. The molecule has 2 rings (SSSR count). The largest absolute Gasteiger partial charge is 0.444 e. The second kappa shape index (κ2) is 20.8. The molecule has 0 aliphatic rings. The smallest absolute Gasteiger partial charge is 0.407 e. The van der Waals surface area contributed by atoms with E-state index in [0.29, 0.717) is 24.5 Å². The van der Waals surface area contributed by atoms with Gasteiger partial charge in [0.2, 0.25) is 0 Å². The maximum atomic E-state index is 12.2. The standard InChI is InChI=1S/2C17H27N3O4/c2*1-5-6-9-12(19-16(23)24-17(2,3)4)14(21)15(22)20-13-10-7-8-11-18-13/h2*7-8,10-12,14,21H,5-6,9H2,1-4H3,(H,19,23)(H,18,20,22)/t12-,14+;12-,14-/m00/s1. The summed E-state index contributed by atoms with van der Waals surface area (Å²) in [7, 11) is 0. The molecule has 2 aromatic heterocycles. The molecule has 0 aliphatic carbocycles. The van der Waals surface area contributed by atoms with Gasteiger partial charge in [0.05, 0.1) is 12.1 Å². The number of pyridine rings is 2. The Hall–Kier alpha value is -4.30. The van der Waals surface area contributed by atoms with Gasteiger partial charge < -0.3 is 41.0 Å². The van der Waals surface area contributed by atoms with Crippen molar-refractivity contribution in [1.29, 1.82) is 0 Å². The lowest BCUT2D eigenvalue weighted by atomic mass is 10.0. The van der Waals surface area contributed by atoms with Gasteiger partial charge in [-0.2, -0.15) is 0 Å². The summed E-state index contributed by atoms with van der Waals surface area (Å²) < 4.78 is 10.4. The third kappa shape index (κ3) is 18.1. The van der Waals surface area contributed by atoms with Gasteiger partial charge in [-0.25, -0.2) is 19.6 Å². The number of aliphatic hydroxyl groups excluding tert-OH is 2. The summed E-state index contributed by atoms with van der Waals surface area (Å²) in [5.41, 5.74) is -1.30. The van der Waals surface area contributed by atoms with E-state index in [1.807, 2.05) is 13.8 Å². The minimum atomic E-state index is -1.40. The van der Waals surface area contributed by atoms with E-state index in [0.717, 1.165) is 25.7 Å². The van der Waals surface area contributed by atoms with Crippen LogP contribution in [0.4, 0.5) is 21.2 Å². The summed E-state index contributed by atoms with van der Waals surface area (Å²) in [4.78, 5) is 56.2. The van der Waals surface area contributed by atoms with Gasteiger partial charge in [-0.05, 0) is 78.6 Å². The maximum Gasteiger partial charge on any atom is 0.407 e. The van der Waals surface area contributed by atoms with E-state index in [-0.39, 0.29) is 0 Å². The quantitative estimate of drug-likeness (QED) is 0.160. The molecule has 0 spiro atoms. The molecule has 0 bridgehead atoms. The van der Waals surface area contributed by atoms with Crippen LogP contribution in [0.1, 0.15) is 93.9 Å². The number of alkyl carbamates (subject to hydrolysis) is 2.